The molecule has 1 heterocycles. The minimum Gasteiger partial charge on any atom is -0.289 e. The van der Waals surface area contributed by atoms with Gasteiger partial charge in [-0.25, -0.2) is 0 Å². The smallest absolute Gasteiger partial charge is 0.273 e. The van der Waals surface area contributed by atoms with Crippen LogP contribution in [-0.4, -0.2) is 20.3 Å². The summed E-state index contributed by atoms with van der Waals surface area (Å²) in [6, 6.07) is 4.40. The van der Waals surface area contributed by atoms with Crippen LogP contribution >= 0.6 is 11.5 Å². The van der Waals surface area contributed by atoms with Gasteiger partial charge in [0.2, 0.25) is 0 Å². The van der Waals surface area contributed by atoms with Gasteiger partial charge in [0, 0.05) is 22.6 Å². The molecule has 0 aliphatic carbocycles. The van der Waals surface area contributed by atoms with Crippen molar-refractivity contribution in [2.75, 3.05) is 0 Å². The summed E-state index contributed by atoms with van der Waals surface area (Å²) < 4.78 is 3.66. The van der Waals surface area contributed by atoms with Gasteiger partial charge in [0.25, 0.3) is 5.69 Å². The Morgan fingerprint density at radius 1 is 1.47 bits per heavy atom. The highest BCUT2D eigenvalue weighted by molar-refractivity contribution is 7.03. The van der Waals surface area contributed by atoms with E-state index in [-0.39, 0.29) is 17.0 Å². The summed E-state index contributed by atoms with van der Waals surface area (Å²) in [6.45, 7) is 1.63. The zero-order chi connectivity index (χ0) is 13.8. The van der Waals surface area contributed by atoms with E-state index in [4.69, 9.17) is 0 Å². The fraction of sp³-hybridized carbons (Fsp3) is 0.0833. The van der Waals surface area contributed by atoms with Gasteiger partial charge >= 0.3 is 0 Å². The van der Waals surface area contributed by atoms with Crippen molar-refractivity contribution in [1.29, 1.82) is 0 Å². The molecule has 19 heavy (non-hydrogen) atoms. The summed E-state index contributed by atoms with van der Waals surface area (Å²) in [5, 5.41) is 16.3. The van der Waals surface area contributed by atoms with Crippen LogP contribution in [0, 0.1) is 17.0 Å². The third kappa shape index (κ3) is 3.08. The number of allylic oxidation sites excluding steroid dienone is 1. The van der Waals surface area contributed by atoms with Gasteiger partial charge in [0.15, 0.2) is 5.78 Å². The minimum absolute atomic E-state index is 0.0606. The van der Waals surface area contributed by atoms with E-state index in [1.165, 1.54) is 29.8 Å². The van der Waals surface area contributed by atoms with Crippen molar-refractivity contribution < 1.29 is 9.72 Å². The summed E-state index contributed by atoms with van der Waals surface area (Å²) in [5.41, 5.74) is 1.32. The van der Waals surface area contributed by atoms with E-state index in [1.54, 1.807) is 24.4 Å². The molecule has 2 rings (SSSR count). The number of ketones is 1. The zero-order valence-corrected chi connectivity index (χ0v) is 10.8. The maximum Gasteiger partial charge on any atom is 0.273 e. The van der Waals surface area contributed by atoms with Crippen LogP contribution in [0.1, 0.15) is 21.6 Å². The molecule has 0 fully saturated rings. The number of nitro benzene ring substituents is 1. The molecule has 0 saturated carbocycles. The predicted molar refractivity (Wildman–Crippen MR) is 71.1 cm³/mol. The van der Waals surface area contributed by atoms with Crippen molar-refractivity contribution in [2.45, 2.75) is 6.92 Å². The van der Waals surface area contributed by atoms with Crippen LogP contribution in [0.15, 0.2) is 29.7 Å². The molecule has 0 saturated heterocycles. The van der Waals surface area contributed by atoms with Gasteiger partial charge < -0.3 is 0 Å². The number of nitrogens with zero attached hydrogens (tertiary/aromatic N) is 3. The van der Waals surface area contributed by atoms with Crippen LogP contribution in [0.25, 0.3) is 6.08 Å². The van der Waals surface area contributed by atoms with Gasteiger partial charge in [0.05, 0.1) is 10.6 Å². The van der Waals surface area contributed by atoms with Crippen molar-refractivity contribution in [2.24, 2.45) is 0 Å². The molecular formula is C12H9N3O3S. The summed E-state index contributed by atoms with van der Waals surface area (Å²) in [5.74, 6) is -0.309. The third-order valence-corrected chi connectivity index (χ3v) is 3.00. The average Bonchev–Trinajstić information content (AvgIpc) is 2.89. The van der Waals surface area contributed by atoms with E-state index in [0.717, 1.165) is 0 Å². The number of benzene rings is 1. The maximum atomic E-state index is 11.9. The molecule has 6 nitrogen and oxygen atoms in total. The van der Waals surface area contributed by atoms with Crippen LogP contribution < -0.4 is 0 Å². The van der Waals surface area contributed by atoms with Gasteiger partial charge in [0.1, 0.15) is 0 Å². The van der Waals surface area contributed by atoms with Crippen LogP contribution in [0.2, 0.25) is 0 Å². The van der Waals surface area contributed by atoms with E-state index in [0.29, 0.717) is 11.3 Å². The fourth-order valence-electron chi connectivity index (χ4n) is 1.46. The van der Waals surface area contributed by atoms with Gasteiger partial charge in [-0.15, -0.1) is 5.10 Å². The van der Waals surface area contributed by atoms with Crippen molar-refractivity contribution >= 4 is 29.1 Å². The Balaban J connectivity index is 2.24. The van der Waals surface area contributed by atoms with Crippen molar-refractivity contribution in [3.05, 3.63) is 56.6 Å². The Hall–Kier alpha value is -2.41. The highest BCUT2D eigenvalue weighted by Crippen LogP contribution is 2.19. The molecule has 0 aliphatic rings. The predicted octanol–water partition coefficient (Wildman–Crippen LogP) is 2.65. The number of rotatable bonds is 4. The summed E-state index contributed by atoms with van der Waals surface area (Å²) in [6.07, 6.45) is 2.85. The lowest BCUT2D eigenvalue weighted by atomic mass is 10.1. The fourth-order valence-corrected chi connectivity index (χ4v) is 1.88. The molecule has 0 bridgehead atoms. The van der Waals surface area contributed by atoms with Gasteiger partial charge in [-0.05, 0) is 30.6 Å². The molecule has 7 heteroatoms. The molecule has 0 amide bonds. The molecule has 1 aromatic heterocycles. The van der Waals surface area contributed by atoms with Crippen LogP contribution in [-0.2, 0) is 0 Å². The molecule has 0 aliphatic heterocycles. The number of aromatic nitrogens is 2. The molecule has 0 radical (unpaired) electrons. The van der Waals surface area contributed by atoms with Crippen LogP contribution in [0.4, 0.5) is 5.69 Å². The molecule has 2 aromatic rings. The molecule has 0 unspecified atom stereocenters. The second kappa shape index (κ2) is 5.49. The Kier molecular flexibility index (Phi) is 3.76. The van der Waals surface area contributed by atoms with Gasteiger partial charge in [-0.2, -0.15) is 0 Å². The van der Waals surface area contributed by atoms with Crippen molar-refractivity contribution in [1.82, 2.24) is 9.59 Å². The van der Waals surface area contributed by atoms with E-state index in [9.17, 15) is 14.9 Å². The number of carbonyl (C=O) groups excluding carboxylic acids is 1. The highest BCUT2D eigenvalue weighted by atomic mass is 32.1. The molecular weight excluding hydrogens is 266 g/mol. The Labute approximate surface area is 112 Å². The number of carbonyl (C=O) groups is 1. The SMILES string of the molecule is Cc1ccc(C(=O)/C=C/c2csnn2)cc1[N+](=O)[O-]. The Bertz CT molecular complexity index is 650. The average molecular weight is 275 g/mol. The second-order valence-electron chi connectivity index (χ2n) is 3.79. The summed E-state index contributed by atoms with van der Waals surface area (Å²) in [7, 11) is 0. The number of hydrogen-bond donors (Lipinski definition) is 0. The zero-order valence-electron chi connectivity index (χ0n) is 9.94. The van der Waals surface area contributed by atoms with Gasteiger partial charge in [-0.3, -0.25) is 14.9 Å². The first-order valence-electron chi connectivity index (χ1n) is 5.32. The standard InChI is InChI=1S/C12H9N3O3S/c1-8-2-3-9(6-11(8)15(17)18)12(16)5-4-10-7-19-14-13-10/h2-7H,1H3/b5-4+. The quantitative estimate of drug-likeness (QED) is 0.370. The third-order valence-electron chi connectivity index (χ3n) is 2.47. The minimum atomic E-state index is -0.500. The Morgan fingerprint density at radius 2 is 2.26 bits per heavy atom. The van der Waals surface area contributed by atoms with E-state index in [1.807, 2.05) is 0 Å². The maximum absolute atomic E-state index is 11.9. The summed E-state index contributed by atoms with van der Waals surface area (Å²) in [4.78, 5) is 22.2. The Morgan fingerprint density at radius 3 is 2.89 bits per heavy atom. The number of hydrogen-bond acceptors (Lipinski definition) is 6. The topological polar surface area (TPSA) is 86.0 Å². The van der Waals surface area contributed by atoms with E-state index in [2.05, 4.69) is 9.59 Å². The first kappa shape index (κ1) is 13.0. The molecule has 0 N–H and O–H groups in total. The highest BCUT2D eigenvalue weighted by Gasteiger charge is 2.13. The van der Waals surface area contributed by atoms with Crippen LogP contribution in [0.5, 0.6) is 0 Å². The molecule has 96 valence electrons. The lowest BCUT2D eigenvalue weighted by Gasteiger charge is -1.99. The summed E-state index contributed by atoms with van der Waals surface area (Å²) >= 11 is 1.18. The monoisotopic (exact) mass is 275 g/mol. The lowest BCUT2D eigenvalue weighted by Crippen LogP contribution is -1.98. The van der Waals surface area contributed by atoms with E-state index < -0.39 is 4.92 Å². The molecule has 1 aromatic carbocycles. The van der Waals surface area contributed by atoms with Crippen molar-refractivity contribution in [3.63, 3.8) is 0 Å². The number of nitro groups is 1. The second-order valence-corrected chi connectivity index (χ2v) is 4.40. The normalized spacial score (nSPS) is 10.8. The van der Waals surface area contributed by atoms with Crippen LogP contribution in [0.3, 0.4) is 0 Å². The van der Waals surface area contributed by atoms with Crippen molar-refractivity contribution in [3.8, 4) is 0 Å². The van der Waals surface area contributed by atoms with E-state index >= 15 is 0 Å². The first-order chi connectivity index (χ1) is 9.08. The lowest BCUT2D eigenvalue weighted by molar-refractivity contribution is -0.385. The van der Waals surface area contributed by atoms with Gasteiger partial charge in [-0.1, -0.05) is 16.6 Å². The first-order valence-corrected chi connectivity index (χ1v) is 6.16. The molecule has 0 spiro atoms. The number of aryl methyl sites for hydroxylation is 1. The largest absolute Gasteiger partial charge is 0.289 e. The molecule has 0 atom stereocenters.